The zero-order valence-electron chi connectivity index (χ0n) is 9.58. The van der Waals surface area contributed by atoms with Crippen molar-refractivity contribution in [3.63, 3.8) is 0 Å². The highest BCUT2D eigenvalue weighted by atomic mass is 35.5. The van der Waals surface area contributed by atoms with Gasteiger partial charge in [0, 0.05) is 18.0 Å². The topological polar surface area (TPSA) is 60.2 Å². The van der Waals surface area contributed by atoms with Gasteiger partial charge in [-0.25, -0.2) is 9.37 Å². The average molecular weight is 268 g/mol. The van der Waals surface area contributed by atoms with Crippen molar-refractivity contribution in [2.24, 2.45) is 0 Å². The van der Waals surface area contributed by atoms with Gasteiger partial charge in [0.25, 0.3) is 0 Å². The molecule has 0 fully saturated rings. The van der Waals surface area contributed by atoms with Crippen LogP contribution in [0.1, 0.15) is 0 Å². The first-order valence-corrected chi connectivity index (χ1v) is 5.49. The molecule has 0 saturated heterocycles. The maximum atomic E-state index is 13.2. The van der Waals surface area contributed by atoms with Gasteiger partial charge in [-0.3, -0.25) is 0 Å². The minimum absolute atomic E-state index is 0.146. The van der Waals surface area contributed by atoms with Gasteiger partial charge < -0.3 is 15.8 Å². The third kappa shape index (κ3) is 2.62. The van der Waals surface area contributed by atoms with Crippen molar-refractivity contribution in [3.05, 3.63) is 41.3 Å². The van der Waals surface area contributed by atoms with Crippen LogP contribution in [0, 0.1) is 5.82 Å². The lowest BCUT2D eigenvalue weighted by Gasteiger charge is -2.10. The van der Waals surface area contributed by atoms with Gasteiger partial charge in [0.2, 0.25) is 0 Å². The third-order valence-electron chi connectivity index (χ3n) is 2.30. The molecule has 0 aliphatic rings. The van der Waals surface area contributed by atoms with Crippen molar-refractivity contribution in [1.82, 2.24) is 4.98 Å². The second-order valence-electron chi connectivity index (χ2n) is 3.57. The molecule has 6 heteroatoms. The van der Waals surface area contributed by atoms with Gasteiger partial charge in [-0.15, -0.1) is 0 Å². The molecule has 0 bridgehead atoms. The molecule has 0 aliphatic carbocycles. The van der Waals surface area contributed by atoms with Crippen molar-refractivity contribution >= 4 is 28.8 Å². The summed E-state index contributed by atoms with van der Waals surface area (Å²) in [6.45, 7) is 0. The quantitative estimate of drug-likeness (QED) is 0.896. The van der Waals surface area contributed by atoms with E-state index in [0.29, 0.717) is 22.2 Å². The molecule has 1 aromatic carbocycles. The summed E-state index contributed by atoms with van der Waals surface area (Å²) in [4.78, 5) is 4.05. The summed E-state index contributed by atoms with van der Waals surface area (Å²) in [5, 5.41) is 3.41. The van der Waals surface area contributed by atoms with Crippen molar-refractivity contribution in [2.45, 2.75) is 0 Å². The molecule has 0 unspecified atom stereocenters. The Balaban J connectivity index is 2.28. The molecule has 3 N–H and O–H groups in total. The first-order chi connectivity index (χ1) is 8.60. The van der Waals surface area contributed by atoms with Crippen LogP contribution in [-0.4, -0.2) is 12.1 Å². The number of anilines is 3. The fraction of sp³-hybridized carbons (Fsp3) is 0.0833. The van der Waals surface area contributed by atoms with Gasteiger partial charge in [0.1, 0.15) is 0 Å². The van der Waals surface area contributed by atoms with Gasteiger partial charge in [0.15, 0.2) is 17.4 Å². The van der Waals surface area contributed by atoms with Crippen LogP contribution in [0.3, 0.4) is 0 Å². The standard InChI is InChI=1S/C12H11ClFN3O/c1-18-11-5-8(2-3-9(11)14)17-12-10(15)4-7(13)6-16-12/h2-6H,15H2,1H3,(H,16,17). The van der Waals surface area contributed by atoms with E-state index in [4.69, 9.17) is 22.1 Å². The molecule has 18 heavy (non-hydrogen) atoms. The predicted octanol–water partition coefficient (Wildman–Crippen LogP) is 3.21. The number of nitrogens with zero attached hydrogens (tertiary/aromatic N) is 1. The van der Waals surface area contributed by atoms with E-state index < -0.39 is 5.82 Å². The highest BCUT2D eigenvalue weighted by Crippen LogP contribution is 2.26. The monoisotopic (exact) mass is 267 g/mol. The number of nitrogens with two attached hydrogens (primary N) is 1. The second kappa shape index (κ2) is 5.10. The minimum Gasteiger partial charge on any atom is -0.494 e. The van der Waals surface area contributed by atoms with Crippen LogP contribution >= 0.6 is 11.6 Å². The summed E-state index contributed by atoms with van der Waals surface area (Å²) in [7, 11) is 1.40. The maximum absolute atomic E-state index is 13.2. The molecule has 94 valence electrons. The van der Waals surface area contributed by atoms with E-state index >= 15 is 0 Å². The fourth-order valence-corrected chi connectivity index (χ4v) is 1.60. The highest BCUT2D eigenvalue weighted by Gasteiger charge is 2.06. The number of aromatic nitrogens is 1. The van der Waals surface area contributed by atoms with Crippen molar-refractivity contribution in [1.29, 1.82) is 0 Å². The molecule has 1 aromatic heterocycles. The Bertz CT molecular complexity index is 577. The fourth-order valence-electron chi connectivity index (χ4n) is 1.43. The largest absolute Gasteiger partial charge is 0.494 e. The molecule has 0 saturated carbocycles. The van der Waals surface area contributed by atoms with Gasteiger partial charge in [-0.1, -0.05) is 11.6 Å². The van der Waals surface area contributed by atoms with Crippen LogP contribution in [0.4, 0.5) is 21.6 Å². The summed E-state index contributed by atoms with van der Waals surface area (Å²) in [6, 6.07) is 5.96. The van der Waals surface area contributed by atoms with E-state index in [-0.39, 0.29) is 5.75 Å². The molecule has 2 rings (SSSR count). The lowest BCUT2D eigenvalue weighted by Crippen LogP contribution is -1.99. The lowest BCUT2D eigenvalue weighted by atomic mass is 10.2. The first-order valence-electron chi connectivity index (χ1n) is 5.11. The normalized spacial score (nSPS) is 10.2. The van der Waals surface area contributed by atoms with Crippen molar-refractivity contribution < 1.29 is 9.13 Å². The van der Waals surface area contributed by atoms with E-state index in [1.54, 1.807) is 12.1 Å². The molecular weight excluding hydrogens is 257 g/mol. The Morgan fingerprint density at radius 1 is 1.39 bits per heavy atom. The summed E-state index contributed by atoms with van der Waals surface area (Å²) >= 11 is 5.75. The van der Waals surface area contributed by atoms with Crippen LogP contribution in [-0.2, 0) is 0 Å². The van der Waals surface area contributed by atoms with Gasteiger partial charge in [0.05, 0.1) is 17.8 Å². The number of hydrogen-bond donors (Lipinski definition) is 2. The van der Waals surface area contributed by atoms with Crippen LogP contribution in [0.5, 0.6) is 5.75 Å². The summed E-state index contributed by atoms with van der Waals surface area (Å²) in [6.07, 6.45) is 1.47. The van der Waals surface area contributed by atoms with Gasteiger partial charge >= 0.3 is 0 Å². The number of nitrogens with one attached hydrogen (secondary N) is 1. The Morgan fingerprint density at radius 2 is 2.17 bits per heavy atom. The molecule has 1 heterocycles. The number of nitrogen functional groups attached to an aromatic ring is 1. The van der Waals surface area contributed by atoms with Crippen LogP contribution in [0.2, 0.25) is 5.02 Å². The third-order valence-corrected chi connectivity index (χ3v) is 2.50. The van der Waals surface area contributed by atoms with Crippen LogP contribution < -0.4 is 15.8 Å². The van der Waals surface area contributed by atoms with E-state index in [1.165, 1.54) is 25.4 Å². The molecule has 0 atom stereocenters. The molecule has 0 aliphatic heterocycles. The Morgan fingerprint density at radius 3 is 2.83 bits per heavy atom. The molecule has 0 radical (unpaired) electrons. The molecule has 2 aromatic rings. The van der Waals surface area contributed by atoms with E-state index in [9.17, 15) is 4.39 Å². The van der Waals surface area contributed by atoms with Crippen molar-refractivity contribution in [3.8, 4) is 5.75 Å². The lowest BCUT2D eigenvalue weighted by molar-refractivity contribution is 0.387. The maximum Gasteiger partial charge on any atom is 0.165 e. The molecule has 0 spiro atoms. The Hall–Kier alpha value is -2.01. The molecule has 4 nitrogen and oxygen atoms in total. The minimum atomic E-state index is -0.430. The van der Waals surface area contributed by atoms with E-state index in [1.807, 2.05) is 0 Å². The van der Waals surface area contributed by atoms with Crippen LogP contribution in [0.25, 0.3) is 0 Å². The van der Waals surface area contributed by atoms with Gasteiger partial charge in [-0.2, -0.15) is 0 Å². The molecule has 0 amide bonds. The number of ether oxygens (including phenoxy) is 1. The predicted molar refractivity (Wildman–Crippen MR) is 69.9 cm³/mol. The first kappa shape index (κ1) is 12.4. The number of benzene rings is 1. The number of rotatable bonds is 3. The van der Waals surface area contributed by atoms with Gasteiger partial charge in [-0.05, 0) is 18.2 Å². The Kier molecular flexibility index (Phi) is 3.53. The number of halogens is 2. The van der Waals surface area contributed by atoms with Crippen molar-refractivity contribution in [2.75, 3.05) is 18.2 Å². The smallest absolute Gasteiger partial charge is 0.165 e. The van der Waals surface area contributed by atoms with E-state index in [2.05, 4.69) is 10.3 Å². The second-order valence-corrected chi connectivity index (χ2v) is 4.00. The molecular formula is C12H11ClFN3O. The summed E-state index contributed by atoms with van der Waals surface area (Å²) in [5.41, 5.74) is 6.78. The highest BCUT2D eigenvalue weighted by molar-refractivity contribution is 6.30. The SMILES string of the molecule is COc1cc(Nc2ncc(Cl)cc2N)ccc1F. The average Bonchev–Trinajstić information content (AvgIpc) is 2.35. The summed E-state index contributed by atoms with van der Waals surface area (Å²) in [5.74, 6) is 0.167. The number of pyridine rings is 1. The zero-order chi connectivity index (χ0) is 13.1. The number of methoxy groups -OCH3 is 1. The Labute approximate surface area is 109 Å². The zero-order valence-corrected chi connectivity index (χ0v) is 10.3. The van der Waals surface area contributed by atoms with Crippen LogP contribution in [0.15, 0.2) is 30.5 Å². The van der Waals surface area contributed by atoms with E-state index in [0.717, 1.165) is 0 Å². The number of hydrogen-bond acceptors (Lipinski definition) is 4. The summed E-state index contributed by atoms with van der Waals surface area (Å²) < 4.78 is 18.1.